The van der Waals surface area contributed by atoms with Gasteiger partial charge in [0.05, 0.1) is 6.54 Å². The molecule has 0 amide bonds. The number of benzene rings is 1. The average molecular weight is 291 g/mol. The van der Waals surface area contributed by atoms with E-state index >= 15 is 0 Å². The van der Waals surface area contributed by atoms with Gasteiger partial charge < -0.3 is 9.47 Å². The summed E-state index contributed by atoms with van der Waals surface area (Å²) in [6.07, 6.45) is 2.32. The van der Waals surface area contributed by atoms with Gasteiger partial charge in [0.1, 0.15) is 0 Å². The summed E-state index contributed by atoms with van der Waals surface area (Å²) in [6.45, 7) is 9.11. The highest BCUT2D eigenvalue weighted by atomic mass is 16.7. The second-order valence-corrected chi connectivity index (χ2v) is 5.50. The standard InChI is InChI=1S/C17H25NO3/c1-4-13(5-2)10-18(6-3)11-15(19)14-7-8-16-17(9-14)21-12-20-16/h7-9,13H,4-6,10-12H2,1-3H3. The number of carbonyl (C=O) groups is 1. The van der Waals surface area contributed by atoms with Gasteiger partial charge in [0.15, 0.2) is 17.3 Å². The van der Waals surface area contributed by atoms with E-state index in [4.69, 9.17) is 9.47 Å². The van der Waals surface area contributed by atoms with E-state index in [1.54, 1.807) is 6.07 Å². The molecule has 0 bridgehead atoms. The van der Waals surface area contributed by atoms with Gasteiger partial charge in [0.25, 0.3) is 0 Å². The van der Waals surface area contributed by atoms with Gasteiger partial charge in [-0.1, -0.05) is 33.6 Å². The smallest absolute Gasteiger partial charge is 0.231 e. The Morgan fingerprint density at radius 2 is 1.90 bits per heavy atom. The van der Waals surface area contributed by atoms with Crippen LogP contribution in [0.25, 0.3) is 0 Å². The molecule has 0 aliphatic carbocycles. The first-order valence-electron chi connectivity index (χ1n) is 7.83. The third-order valence-corrected chi connectivity index (χ3v) is 4.18. The minimum Gasteiger partial charge on any atom is -0.454 e. The summed E-state index contributed by atoms with van der Waals surface area (Å²) in [6, 6.07) is 5.42. The van der Waals surface area contributed by atoms with E-state index in [9.17, 15) is 4.79 Å². The zero-order valence-corrected chi connectivity index (χ0v) is 13.2. The molecule has 1 aromatic rings. The van der Waals surface area contributed by atoms with Crippen molar-refractivity contribution < 1.29 is 14.3 Å². The van der Waals surface area contributed by atoms with Gasteiger partial charge in [0, 0.05) is 12.1 Å². The first-order valence-corrected chi connectivity index (χ1v) is 7.83. The monoisotopic (exact) mass is 291 g/mol. The number of hydrogen-bond donors (Lipinski definition) is 0. The van der Waals surface area contributed by atoms with Crippen molar-refractivity contribution in [2.75, 3.05) is 26.4 Å². The Balaban J connectivity index is 1.99. The fraction of sp³-hybridized carbons (Fsp3) is 0.588. The van der Waals surface area contributed by atoms with Gasteiger partial charge >= 0.3 is 0 Å². The number of carbonyl (C=O) groups excluding carboxylic acids is 1. The van der Waals surface area contributed by atoms with E-state index in [1.807, 2.05) is 12.1 Å². The van der Waals surface area contributed by atoms with Gasteiger partial charge in [-0.15, -0.1) is 0 Å². The molecule has 0 N–H and O–H groups in total. The molecular formula is C17H25NO3. The molecule has 0 saturated heterocycles. The second kappa shape index (κ2) is 7.46. The molecule has 21 heavy (non-hydrogen) atoms. The van der Waals surface area contributed by atoms with Gasteiger partial charge in [-0.3, -0.25) is 9.69 Å². The van der Waals surface area contributed by atoms with Crippen LogP contribution in [-0.4, -0.2) is 37.1 Å². The lowest BCUT2D eigenvalue weighted by atomic mass is 10.0. The molecule has 2 rings (SSSR count). The van der Waals surface area contributed by atoms with Crippen molar-refractivity contribution in [2.24, 2.45) is 5.92 Å². The maximum Gasteiger partial charge on any atom is 0.231 e. The van der Waals surface area contributed by atoms with Crippen molar-refractivity contribution in [2.45, 2.75) is 33.6 Å². The topological polar surface area (TPSA) is 38.8 Å². The lowest BCUT2D eigenvalue weighted by Crippen LogP contribution is -2.34. The van der Waals surface area contributed by atoms with Crippen LogP contribution < -0.4 is 9.47 Å². The Labute approximate surface area is 127 Å². The number of rotatable bonds is 8. The summed E-state index contributed by atoms with van der Waals surface area (Å²) < 4.78 is 10.6. The van der Waals surface area contributed by atoms with Crippen molar-refractivity contribution in [1.82, 2.24) is 4.90 Å². The van der Waals surface area contributed by atoms with Crippen LogP contribution in [0, 0.1) is 5.92 Å². The summed E-state index contributed by atoms with van der Waals surface area (Å²) in [5, 5.41) is 0. The summed E-state index contributed by atoms with van der Waals surface area (Å²) >= 11 is 0. The molecule has 4 nitrogen and oxygen atoms in total. The van der Waals surface area contributed by atoms with E-state index in [-0.39, 0.29) is 12.6 Å². The SMILES string of the molecule is CCC(CC)CN(CC)CC(=O)c1ccc2c(c1)OCO2. The van der Waals surface area contributed by atoms with E-state index in [1.165, 1.54) is 0 Å². The fourth-order valence-corrected chi connectivity index (χ4v) is 2.58. The lowest BCUT2D eigenvalue weighted by molar-refractivity contribution is 0.0920. The summed E-state index contributed by atoms with van der Waals surface area (Å²) in [4.78, 5) is 14.7. The van der Waals surface area contributed by atoms with Crippen molar-refractivity contribution in [3.63, 3.8) is 0 Å². The minimum absolute atomic E-state index is 0.140. The Kier molecular flexibility index (Phi) is 5.62. The van der Waals surface area contributed by atoms with Crippen molar-refractivity contribution in [3.8, 4) is 11.5 Å². The third-order valence-electron chi connectivity index (χ3n) is 4.18. The molecule has 0 aromatic heterocycles. The molecule has 4 heteroatoms. The highest BCUT2D eigenvalue weighted by Crippen LogP contribution is 2.32. The molecule has 0 radical (unpaired) electrons. The highest BCUT2D eigenvalue weighted by molar-refractivity contribution is 5.98. The number of ether oxygens (including phenoxy) is 2. The number of nitrogens with zero attached hydrogens (tertiary/aromatic N) is 1. The molecule has 0 unspecified atom stereocenters. The molecule has 116 valence electrons. The molecule has 0 saturated carbocycles. The van der Waals surface area contributed by atoms with E-state index in [0.717, 1.165) is 31.7 Å². The number of fused-ring (bicyclic) bond motifs is 1. The molecule has 0 atom stereocenters. The molecule has 1 heterocycles. The molecule has 0 spiro atoms. The summed E-state index contributed by atoms with van der Waals surface area (Å²) in [5.41, 5.74) is 0.697. The Morgan fingerprint density at radius 3 is 2.57 bits per heavy atom. The minimum atomic E-state index is 0.140. The van der Waals surface area contributed by atoms with Gasteiger partial charge in [-0.2, -0.15) is 0 Å². The van der Waals surface area contributed by atoms with E-state index in [2.05, 4.69) is 25.7 Å². The summed E-state index contributed by atoms with van der Waals surface area (Å²) in [5.74, 6) is 2.19. The molecule has 1 aliphatic heterocycles. The predicted molar refractivity (Wildman–Crippen MR) is 83.1 cm³/mol. The van der Waals surface area contributed by atoms with Gasteiger partial charge in [-0.25, -0.2) is 0 Å². The first kappa shape index (κ1) is 15.8. The number of hydrogen-bond acceptors (Lipinski definition) is 4. The number of likely N-dealkylation sites (N-methyl/N-ethyl adjacent to an activating group) is 1. The van der Waals surface area contributed by atoms with E-state index in [0.29, 0.717) is 23.8 Å². The van der Waals surface area contributed by atoms with Crippen LogP contribution >= 0.6 is 0 Å². The zero-order chi connectivity index (χ0) is 15.2. The van der Waals surface area contributed by atoms with Crippen LogP contribution in [0.2, 0.25) is 0 Å². The second-order valence-electron chi connectivity index (χ2n) is 5.50. The average Bonchev–Trinajstić information content (AvgIpc) is 2.98. The van der Waals surface area contributed by atoms with Crippen LogP contribution in [0.4, 0.5) is 0 Å². The van der Waals surface area contributed by atoms with Gasteiger partial charge in [-0.05, 0) is 30.7 Å². The molecule has 1 aromatic carbocycles. The van der Waals surface area contributed by atoms with Crippen molar-refractivity contribution in [3.05, 3.63) is 23.8 Å². The lowest BCUT2D eigenvalue weighted by Gasteiger charge is -2.24. The largest absolute Gasteiger partial charge is 0.454 e. The maximum atomic E-state index is 12.4. The highest BCUT2D eigenvalue weighted by Gasteiger charge is 2.18. The quantitative estimate of drug-likeness (QED) is 0.688. The predicted octanol–water partition coefficient (Wildman–Crippen LogP) is 3.36. The number of ketones is 1. The zero-order valence-electron chi connectivity index (χ0n) is 13.2. The Morgan fingerprint density at radius 1 is 1.19 bits per heavy atom. The van der Waals surface area contributed by atoms with E-state index < -0.39 is 0 Å². The van der Waals surface area contributed by atoms with Crippen LogP contribution in [-0.2, 0) is 0 Å². The fourth-order valence-electron chi connectivity index (χ4n) is 2.58. The van der Waals surface area contributed by atoms with Gasteiger partial charge in [0.2, 0.25) is 6.79 Å². The van der Waals surface area contributed by atoms with Crippen LogP contribution in [0.3, 0.4) is 0 Å². The molecule has 1 aliphatic rings. The van der Waals surface area contributed by atoms with Crippen LogP contribution in [0.1, 0.15) is 44.0 Å². The Hall–Kier alpha value is -1.55. The Bertz CT molecular complexity index is 483. The summed E-state index contributed by atoms with van der Waals surface area (Å²) in [7, 11) is 0. The van der Waals surface area contributed by atoms with Crippen molar-refractivity contribution in [1.29, 1.82) is 0 Å². The maximum absolute atomic E-state index is 12.4. The molecular weight excluding hydrogens is 266 g/mol. The first-order chi connectivity index (χ1) is 10.2. The molecule has 0 fully saturated rings. The van der Waals surface area contributed by atoms with Crippen molar-refractivity contribution >= 4 is 5.78 Å². The van der Waals surface area contributed by atoms with Crippen LogP contribution in [0.15, 0.2) is 18.2 Å². The third kappa shape index (κ3) is 3.97. The van der Waals surface area contributed by atoms with Crippen LogP contribution in [0.5, 0.6) is 11.5 Å². The number of Topliss-reactive ketones (excluding diaryl/α,β-unsaturated/α-hetero) is 1. The normalized spacial score (nSPS) is 13.2.